The van der Waals surface area contributed by atoms with Gasteiger partial charge in [0.25, 0.3) is 11.8 Å². The lowest BCUT2D eigenvalue weighted by atomic mass is 9.95. The molecule has 208 valence electrons. The molecule has 3 aromatic rings. The lowest BCUT2D eigenvalue weighted by Gasteiger charge is -2.27. The van der Waals surface area contributed by atoms with Crippen LogP contribution in [0, 0.1) is 0 Å². The quantitative estimate of drug-likeness (QED) is 0.281. The highest BCUT2D eigenvalue weighted by Crippen LogP contribution is 2.46. The number of aliphatic hydroxyl groups excluding tert-OH is 1. The average molecular weight is 564 g/mol. The lowest BCUT2D eigenvalue weighted by molar-refractivity contribution is -0.132. The number of fused-ring (bicyclic) bond motifs is 1. The van der Waals surface area contributed by atoms with Crippen molar-refractivity contribution in [1.29, 1.82) is 0 Å². The highest BCUT2D eigenvalue weighted by atomic mass is 35.5. The maximum atomic E-state index is 13.2. The van der Waals surface area contributed by atoms with Crippen molar-refractivity contribution in [1.82, 2.24) is 20.6 Å². The Morgan fingerprint density at radius 1 is 1.15 bits per heavy atom. The number of aliphatic hydroxyl groups is 2. The molecule has 0 radical (unpaired) electrons. The number of nitrogens with zero attached hydrogens (tertiary/aromatic N) is 2. The van der Waals surface area contributed by atoms with Crippen molar-refractivity contribution in [3.63, 3.8) is 0 Å². The molecule has 1 aliphatic carbocycles. The van der Waals surface area contributed by atoms with Crippen LogP contribution in [0.5, 0.6) is 0 Å². The van der Waals surface area contributed by atoms with Crippen LogP contribution >= 0.6 is 11.6 Å². The Labute approximate surface area is 236 Å². The Morgan fingerprint density at radius 2 is 1.90 bits per heavy atom. The topological polar surface area (TPSA) is 146 Å². The number of halogens is 1. The summed E-state index contributed by atoms with van der Waals surface area (Å²) in [6.07, 6.45) is 2.75. The third kappa shape index (κ3) is 5.27. The molecule has 3 heterocycles. The standard InChI is InChI=1S/C29H30ClN5O5/c30-21-15-31-28(32-18-8-12-40-13-9-18)34-22(21)17-6-7-19-20(14-17)26(37)33-23(19)24(36)27(38)35-25(29(39)10-11-29)16-4-2-1-3-5-16/h1-7,14-15,18,23-25,36,39H,8-13H2,(H,33,37)(H,35,38)(H,31,32,34). The fraction of sp³-hybridized carbons (Fsp3) is 0.379. The van der Waals surface area contributed by atoms with Gasteiger partial charge in [-0.1, -0.05) is 54.1 Å². The summed E-state index contributed by atoms with van der Waals surface area (Å²) in [7, 11) is 0. The summed E-state index contributed by atoms with van der Waals surface area (Å²) in [6.45, 7) is 1.35. The molecule has 5 N–H and O–H groups in total. The summed E-state index contributed by atoms with van der Waals surface area (Å²) in [5, 5.41) is 31.0. The van der Waals surface area contributed by atoms with Gasteiger partial charge in [-0.05, 0) is 42.9 Å². The minimum Gasteiger partial charge on any atom is -0.387 e. The Balaban J connectivity index is 1.21. The fourth-order valence-electron chi connectivity index (χ4n) is 5.35. The number of hydrogen-bond donors (Lipinski definition) is 5. The molecule has 10 nitrogen and oxygen atoms in total. The first-order chi connectivity index (χ1) is 19.3. The third-order valence-electron chi connectivity index (χ3n) is 7.80. The molecule has 2 amide bonds. The Bertz CT molecular complexity index is 1430. The van der Waals surface area contributed by atoms with Crippen LogP contribution < -0.4 is 16.0 Å². The summed E-state index contributed by atoms with van der Waals surface area (Å²) in [4.78, 5) is 35.0. The molecule has 3 atom stereocenters. The molecule has 1 saturated heterocycles. The molecule has 3 aliphatic rings. The summed E-state index contributed by atoms with van der Waals surface area (Å²) in [5.74, 6) is -0.662. The van der Waals surface area contributed by atoms with Crippen LogP contribution in [0.2, 0.25) is 5.02 Å². The zero-order valence-corrected chi connectivity index (χ0v) is 22.4. The number of hydrogen-bond acceptors (Lipinski definition) is 8. The second kappa shape index (κ2) is 10.8. The van der Waals surface area contributed by atoms with E-state index in [9.17, 15) is 19.8 Å². The highest BCUT2D eigenvalue weighted by Gasteiger charge is 2.50. The van der Waals surface area contributed by atoms with Crippen LogP contribution in [0.25, 0.3) is 11.3 Å². The molecule has 1 aromatic heterocycles. The van der Waals surface area contributed by atoms with Gasteiger partial charge >= 0.3 is 0 Å². The Hall–Kier alpha value is -3.57. The molecule has 3 unspecified atom stereocenters. The van der Waals surface area contributed by atoms with Crippen LogP contribution in [0.1, 0.15) is 59.3 Å². The molecule has 6 rings (SSSR count). The van der Waals surface area contributed by atoms with E-state index in [4.69, 9.17) is 16.3 Å². The van der Waals surface area contributed by atoms with Crippen molar-refractivity contribution in [2.24, 2.45) is 0 Å². The van der Waals surface area contributed by atoms with E-state index in [1.807, 2.05) is 30.3 Å². The zero-order valence-electron chi connectivity index (χ0n) is 21.6. The zero-order chi connectivity index (χ0) is 27.9. The fourth-order valence-corrected chi connectivity index (χ4v) is 5.55. The first kappa shape index (κ1) is 26.6. The van der Waals surface area contributed by atoms with E-state index in [0.717, 1.165) is 18.4 Å². The molecule has 2 aliphatic heterocycles. The van der Waals surface area contributed by atoms with Crippen LogP contribution in [-0.2, 0) is 9.53 Å². The lowest BCUT2D eigenvalue weighted by Crippen LogP contribution is -2.46. The number of rotatable bonds is 8. The van der Waals surface area contributed by atoms with Gasteiger partial charge in [0.1, 0.15) is 0 Å². The van der Waals surface area contributed by atoms with Gasteiger partial charge in [0.05, 0.1) is 34.6 Å². The summed E-state index contributed by atoms with van der Waals surface area (Å²) in [6, 6.07) is 12.8. The molecule has 0 spiro atoms. The van der Waals surface area contributed by atoms with E-state index in [2.05, 4.69) is 25.9 Å². The van der Waals surface area contributed by atoms with E-state index >= 15 is 0 Å². The minimum absolute atomic E-state index is 0.198. The second-order valence-corrected chi connectivity index (χ2v) is 11.0. The monoisotopic (exact) mass is 563 g/mol. The van der Waals surface area contributed by atoms with Crippen molar-refractivity contribution in [2.75, 3.05) is 18.5 Å². The van der Waals surface area contributed by atoms with Crippen molar-refractivity contribution < 1.29 is 24.5 Å². The van der Waals surface area contributed by atoms with E-state index < -0.39 is 35.6 Å². The van der Waals surface area contributed by atoms with Crippen molar-refractivity contribution >= 4 is 29.4 Å². The maximum Gasteiger partial charge on any atom is 0.252 e. The maximum absolute atomic E-state index is 13.2. The smallest absolute Gasteiger partial charge is 0.252 e. The molecule has 40 heavy (non-hydrogen) atoms. The summed E-state index contributed by atoms with van der Waals surface area (Å²) >= 11 is 6.44. The van der Waals surface area contributed by atoms with Gasteiger partial charge in [-0.2, -0.15) is 0 Å². The third-order valence-corrected chi connectivity index (χ3v) is 8.07. The van der Waals surface area contributed by atoms with Crippen LogP contribution in [0.4, 0.5) is 5.95 Å². The number of aromatic nitrogens is 2. The minimum atomic E-state index is -1.57. The molecule has 2 aromatic carbocycles. The van der Waals surface area contributed by atoms with Gasteiger partial charge in [-0.3, -0.25) is 9.59 Å². The van der Waals surface area contributed by atoms with Crippen LogP contribution in [0.3, 0.4) is 0 Å². The number of amides is 2. The largest absolute Gasteiger partial charge is 0.387 e. The van der Waals surface area contributed by atoms with Gasteiger partial charge in [0.15, 0.2) is 6.10 Å². The predicted molar refractivity (Wildman–Crippen MR) is 148 cm³/mol. The molecule has 11 heteroatoms. The van der Waals surface area contributed by atoms with Gasteiger partial charge in [0, 0.05) is 30.4 Å². The normalized spacial score (nSPS) is 21.2. The first-order valence-corrected chi connectivity index (χ1v) is 13.8. The molecule has 2 fully saturated rings. The summed E-state index contributed by atoms with van der Waals surface area (Å²) < 4.78 is 5.41. The number of nitrogens with one attached hydrogen (secondary N) is 3. The van der Waals surface area contributed by atoms with Crippen LogP contribution in [-0.4, -0.2) is 63.0 Å². The van der Waals surface area contributed by atoms with Crippen LogP contribution in [0.15, 0.2) is 54.7 Å². The molecule has 0 bridgehead atoms. The van der Waals surface area contributed by atoms with Gasteiger partial charge in [-0.25, -0.2) is 9.97 Å². The van der Waals surface area contributed by atoms with Gasteiger partial charge in [-0.15, -0.1) is 0 Å². The van der Waals surface area contributed by atoms with E-state index in [0.29, 0.717) is 59.4 Å². The number of benzene rings is 2. The predicted octanol–water partition coefficient (Wildman–Crippen LogP) is 2.92. The molecular formula is C29H30ClN5O5. The summed E-state index contributed by atoms with van der Waals surface area (Å²) in [5.41, 5.74) is 1.57. The Morgan fingerprint density at radius 3 is 2.62 bits per heavy atom. The Kier molecular flexibility index (Phi) is 7.18. The SMILES string of the molecule is O=C1NC(C(O)C(=O)NC(c2ccccc2)C2(O)CC2)c2ccc(-c3nc(NC4CCOCC4)ncc3Cl)cc21. The van der Waals surface area contributed by atoms with Gasteiger partial charge in [0.2, 0.25) is 5.95 Å². The van der Waals surface area contributed by atoms with Crippen molar-refractivity contribution in [3.05, 3.63) is 76.4 Å². The average Bonchev–Trinajstić information content (AvgIpc) is 3.64. The second-order valence-electron chi connectivity index (χ2n) is 10.6. The number of carbonyl (C=O) groups excluding carboxylic acids is 2. The van der Waals surface area contributed by atoms with Crippen molar-refractivity contribution in [3.8, 4) is 11.3 Å². The number of ether oxygens (including phenoxy) is 1. The number of carbonyl (C=O) groups is 2. The number of anilines is 1. The van der Waals surface area contributed by atoms with E-state index in [1.54, 1.807) is 18.2 Å². The van der Waals surface area contributed by atoms with Crippen molar-refractivity contribution in [2.45, 2.75) is 55.5 Å². The molecular weight excluding hydrogens is 534 g/mol. The highest BCUT2D eigenvalue weighted by molar-refractivity contribution is 6.33. The van der Waals surface area contributed by atoms with E-state index in [1.165, 1.54) is 6.20 Å². The van der Waals surface area contributed by atoms with Gasteiger partial charge < -0.3 is 30.9 Å². The first-order valence-electron chi connectivity index (χ1n) is 13.4. The molecule has 1 saturated carbocycles. The van der Waals surface area contributed by atoms with E-state index in [-0.39, 0.29) is 6.04 Å².